The number of aromatic amines is 1. The minimum Gasteiger partial charge on any atom is -0.369 e. The number of nitrogens with one attached hydrogen (secondary N) is 2. The molecular formula is C11H15N5O2S. The summed E-state index contributed by atoms with van der Waals surface area (Å²) in [5, 5.41) is 10.7. The van der Waals surface area contributed by atoms with E-state index in [9.17, 15) is 8.42 Å². The lowest BCUT2D eigenvalue weighted by Crippen LogP contribution is -2.29. The molecule has 1 unspecified atom stereocenters. The largest absolute Gasteiger partial charge is 0.369 e. The Morgan fingerprint density at radius 2 is 2.32 bits per heavy atom. The molecule has 1 atom stereocenters. The Hall–Kier alpha value is -1.70. The lowest BCUT2D eigenvalue weighted by molar-refractivity contribution is 0.502. The summed E-state index contributed by atoms with van der Waals surface area (Å²) in [5.41, 5.74) is 0.675. The molecule has 1 fully saturated rings. The number of sulfone groups is 1. The van der Waals surface area contributed by atoms with Crippen molar-refractivity contribution in [3.63, 3.8) is 0 Å². The lowest BCUT2D eigenvalue weighted by atomic mass is 10.1. The van der Waals surface area contributed by atoms with Gasteiger partial charge in [0.2, 0.25) is 0 Å². The maximum atomic E-state index is 11.6. The number of nitrogens with zero attached hydrogens (tertiary/aromatic N) is 3. The average molecular weight is 281 g/mol. The summed E-state index contributed by atoms with van der Waals surface area (Å²) in [7, 11) is -2.86. The van der Waals surface area contributed by atoms with Gasteiger partial charge in [-0.2, -0.15) is 5.10 Å². The minimum atomic E-state index is -2.86. The van der Waals surface area contributed by atoms with Crippen LogP contribution in [-0.2, 0) is 9.84 Å². The smallest absolute Gasteiger partial charge is 0.160 e. The lowest BCUT2D eigenvalue weighted by Gasteiger charge is -2.22. The fraction of sp³-hybridized carbons (Fsp3) is 0.545. The number of H-pyrrole nitrogens is 1. The van der Waals surface area contributed by atoms with Crippen molar-refractivity contribution >= 4 is 26.7 Å². The first-order valence-electron chi connectivity index (χ1n) is 6.22. The van der Waals surface area contributed by atoms with Crippen LogP contribution in [0.1, 0.15) is 12.8 Å². The molecule has 102 valence electrons. The van der Waals surface area contributed by atoms with Crippen molar-refractivity contribution in [2.24, 2.45) is 5.92 Å². The van der Waals surface area contributed by atoms with Gasteiger partial charge >= 0.3 is 0 Å². The summed E-state index contributed by atoms with van der Waals surface area (Å²) < 4.78 is 23.1. The molecule has 1 saturated heterocycles. The topological polar surface area (TPSA) is 101 Å². The first-order valence-corrected chi connectivity index (χ1v) is 8.04. The third-order valence-electron chi connectivity index (χ3n) is 3.36. The molecule has 0 spiro atoms. The van der Waals surface area contributed by atoms with Crippen LogP contribution in [0.5, 0.6) is 0 Å². The number of hydrogen-bond acceptors (Lipinski definition) is 6. The van der Waals surface area contributed by atoms with Crippen molar-refractivity contribution in [3.05, 3.63) is 12.5 Å². The van der Waals surface area contributed by atoms with Crippen molar-refractivity contribution in [1.82, 2.24) is 20.2 Å². The molecule has 0 aromatic carbocycles. The Bertz CT molecular complexity index is 681. The van der Waals surface area contributed by atoms with Gasteiger partial charge in [-0.3, -0.25) is 5.10 Å². The molecule has 8 heteroatoms. The number of rotatable bonds is 3. The standard InChI is InChI=1S/C11H15N5O2S/c17-19(18)3-1-2-8(6-19)4-12-10-9-5-15-16-11(9)14-7-13-10/h5,7-8H,1-4,6H2,(H2,12,13,14,15,16). The molecule has 0 bridgehead atoms. The second kappa shape index (κ2) is 4.76. The molecule has 0 saturated carbocycles. The zero-order chi connectivity index (χ0) is 13.3. The fourth-order valence-electron chi connectivity index (χ4n) is 2.43. The van der Waals surface area contributed by atoms with Crippen LogP contribution in [0.15, 0.2) is 12.5 Å². The Labute approximate surface area is 110 Å². The van der Waals surface area contributed by atoms with Gasteiger partial charge in [0.25, 0.3) is 0 Å². The van der Waals surface area contributed by atoms with Gasteiger partial charge in [-0.05, 0) is 18.8 Å². The van der Waals surface area contributed by atoms with Gasteiger partial charge in [0, 0.05) is 6.54 Å². The normalized spacial score (nSPS) is 22.4. The van der Waals surface area contributed by atoms with E-state index in [1.807, 2.05) is 0 Å². The van der Waals surface area contributed by atoms with Crippen molar-refractivity contribution in [1.29, 1.82) is 0 Å². The van der Waals surface area contributed by atoms with E-state index in [2.05, 4.69) is 25.5 Å². The molecule has 3 rings (SSSR count). The highest BCUT2D eigenvalue weighted by molar-refractivity contribution is 7.91. The summed E-state index contributed by atoms with van der Waals surface area (Å²) in [6.07, 6.45) is 4.81. The van der Waals surface area contributed by atoms with E-state index in [1.165, 1.54) is 6.33 Å². The van der Waals surface area contributed by atoms with E-state index in [-0.39, 0.29) is 11.7 Å². The predicted octanol–water partition coefficient (Wildman–Crippen LogP) is 0.590. The van der Waals surface area contributed by atoms with Crippen molar-refractivity contribution in [3.8, 4) is 0 Å². The molecule has 3 heterocycles. The molecule has 0 aliphatic carbocycles. The van der Waals surface area contributed by atoms with Gasteiger partial charge in [-0.1, -0.05) is 0 Å². The second-order valence-corrected chi connectivity index (χ2v) is 7.09. The quantitative estimate of drug-likeness (QED) is 0.854. The average Bonchev–Trinajstić information content (AvgIpc) is 2.84. The minimum absolute atomic E-state index is 0.149. The van der Waals surface area contributed by atoms with Crippen LogP contribution in [0.2, 0.25) is 0 Å². The highest BCUT2D eigenvalue weighted by atomic mass is 32.2. The molecule has 2 aromatic rings. The Morgan fingerprint density at radius 3 is 3.16 bits per heavy atom. The van der Waals surface area contributed by atoms with Crippen LogP contribution >= 0.6 is 0 Å². The van der Waals surface area contributed by atoms with Gasteiger partial charge in [-0.25, -0.2) is 18.4 Å². The Morgan fingerprint density at radius 1 is 1.42 bits per heavy atom. The molecule has 1 aliphatic rings. The van der Waals surface area contributed by atoms with E-state index >= 15 is 0 Å². The maximum Gasteiger partial charge on any atom is 0.160 e. The highest BCUT2D eigenvalue weighted by Crippen LogP contribution is 2.21. The summed E-state index contributed by atoms with van der Waals surface area (Å²) in [6.45, 7) is 0.608. The van der Waals surface area contributed by atoms with E-state index in [0.29, 0.717) is 23.8 Å². The Kier molecular flexibility index (Phi) is 3.09. The summed E-state index contributed by atoms with van der Waals surface area (Å²) >= 11 is 0. The molecule has 7 nitrogen and oxygen atoms in total. The van der Waals surface area contributed by atoms with E-state index in [1.54, 1.807) is 6.20 Å². The summed E-state index contributed by atoms with van der Waals surface area (Å²) in [4.78, 5) is 8.22. The van der Waals surface area contributed by atoms with Crippen LogP contribution in [0.25, 0.3) is 11.0 Å². The zero-order valence-corrected chi connectivity index (χ0v) is 11.2. The molecule has 1 aliphatic heterocycles. The molecular weight excluding hydrogens is 266 g/mol. The van der Waals surface area contributed by atoms with Crippen LogP contribution < -0.4 is 5.32 Å². The van der Waals surface area contributed by atoms with Gasteiger partial charge in [-0.15, -0.1) is 0 Å². The first kappa shape index (κ1) is 12.3. The van der Waals surface area contributed by atoms with Crippen LogP contribution in [0.3, 0.4) is 0 Å². The monoisotopic (exact) mass is 281 g/mol. The highest BCUT2D eigenvalue weighted by Gasteiger charge is 2.24. The summed E-state index contributed by atoms with van der Waals surface area (Å²) in [5.74, 6) is 1.43. The number of anilines is 1. The van der Waals surface area contributed by atoms with Crippen molar-refractivity contribution in [2.75, 3.05) is 23.4 Å². The van der Waals surface area contributed by atoms with E-state index in [0.717, 1.165) is 18.2 Å². The van der Waals surface area contributed by atoms with Gasteiger partial charge in [0.15, 0.2) is 15.5 Å². The molecule has 0 radical (unpaired) electrons. The van der Waals surface area contributed by atoms with Gasteiger partial charge in [0.05, 0.1) is 23.1 Å². The van der Waals surface area contributed by atoms with E-state index < -0.39 is 9.84 Å². The van der Waals surface area contributed by atoms with Crippen LogP contribution in [0.4, 0.5) is 5.82 Å². The summed E-state index contributed by atoms with van der Waals surface area (Å²) in [6, 6.07) is 0. The van der Waals surface area contributed by atoms with Gasteiger partial charge in [0.1, 0.15) is 12.1 Å². The third kappa shape index (κ3) is 2.67. The zero-order valence-electron chi connectivity index (χ0n) is 10.3. The van der Waals surface area contributed by atoms with Crippen LogP contribution in [0, 0.1) is 5.92 Å². The van der Waals surface area contributed by atoms with E-state index in [4.69, 9.17) is 0 Å². The predicted molar refractivity (Wildman–Crippen MR) is 71.6 cm³/mol. The SMILES string of the molecule is O=S1(=O)CCCC(CNc2ncnc3[nH]ncc23)C1. The maximum absolute atomic E-state index is 11.6. The number of aromatic nitrogens is 4. The molecule has 19 heavy (non-hydrogen) atoms. The van der Waals surface area contributed by atoms with Crippen LogP contribution in [-0.4, -0.2) is 46.6 Å². The first-order chi connectivity index (χ1) is 9.14. The molecule has 2 N–H and O–H groups in total. The van der Waals surface area contributed by atoms with Crippen molar-refractivity contribution in [2.45, 2.75) is 12.8 Å². The number of hydrogen-bond donors (Lipinski definition) is 2. The number of fused-ring (bicyclic) bond motifs is 1. The third-order valence-corrected chi connectivity index (χ3v) is 5.25. The van der Waals surface area contributed by atoms with Gasteiger partial charge < -0.3 is 5.32 Å². The molecule has 0 amide bonds. The Balaban J connectivity index is 1.71. The second-order valence-electron chi connectivity index (χ2n) is 4.86. The fourth-order valence-corrected chi connectivity index (χ4v) is 4.20. The molecule has 2 aromatic heterocycles. The van der Waals surface area contributed by atoms with Crippen molar-refractivity contribution < 1.29 is 8.42 Å².